The number of aldehydes is 1. The number of rotatable bonds is 1. The zero-order valence-electron chi connectivity index (χ0n) is 6.11. The van der Waals surface area contributed by atoms with Gasteiger partial charge in [-0.1, -0.05) is 18.2 Å². The average molecular weight is 278 g/mol. The van der Waals surface area contributed by atoms with Gasteiger partial charge in [-0.2, -0.15) is 0 Å². The van der Waals surface area contributed by atoms with Gasteiger partial charge in [0.05, 0.1) is 0 Å². The number of carbonyl (C=O) groups is 2. The Morgan fingerprint density at radius 3 is 1.92 bits per heavy atom. The highest BCUT2D eigenvalue weighted by Crippen LogP contribution is 1.99. The first-order valence-corrected chi connectivity index (χ1v) is 4.13. The van der Waals surface area contributed by atoms with Gasteiger partial charge in [0.1, 0.15) is 0 Å². The number of carboxylic acids is 1. The van der Waals surface area contributed by atoms with E-state index in [4.69, 9.17) is 14.7 Å². The third-order valence-electron chi connectivity index (χ3n) is 0.834. The number of hydrogen-bond acceptors (Lipinski definition) is 2. The van der Waals surface area contributed by atoms with Crippen molar-refractivity contribution in [1.29, 1.82) is 0 Å². The summed E-state index contributed by atoms with van der Waals surface area (Å²) in [7, 11) is 0. The van der Waals surface area contributed by atoms with E-state index in [2.05, 4.69) is 34.7 Å². The maximum atomic E-state index is 9.00. The van der Waals surface area contributed by atoms with Gasteiger partial charge >= 0.3 is 5.97 Å². The van der Waals surface area contributed by atoms with Gasteiger partial charge < -0.3 is 5.11 Å². The van der Waals surface area contributed by atoms with Crippen LogP contribution in [0.2, 0.25) is 0 Å². The van der Waals surface area contributed by atoms with Crippen molar-refractivity contribution in [3.05, 3.63) is 33.9 Å². The minimum atomic E-state index is -1.43. The van der Waals surface area contributed by atoms with E-state index in [-0.39, 0.29) is 6.29 Å². The summed E-state index contributed by atoms with van der Waals surface area (Å²) in [5, 5.41) is 7.35. The van der Waals surface area contributed by atoms with Crippen molar-refractivity contribution in [3.63, 3.8) is 0 Å². The first-order chi connectivity index (χ1) is 5.66. The number of carbonyl (C=O) groups excluding carboxylic acids is 1. The number of benzene rings is 1. The standard InChI is InChI=1S/C6H5I.C2H2O3/c7-6-4-2-1-3-5-6;3-1-2(4)5/h1-5H;1H,(H,4,5). The van der Waals surface area contributed by atoms with Crippen LogP contribution in [0.15, 0.2) is 30.3 Å². The minimum absolute atomic E-state index is 0.167. The maximum absolute atomic E-state index is 9.00. The molecule has 1 rings (SSSR count). The third kappa shape index (κ3) is 7.20. The summed E-state index contributed by atoms with van der Waals surface area (Å²) in [5.41, 5.74) is 0. The van der Waals surface area contributed by atoms with Crippen LogP contribution in [0.1, 0.15) is 0 Å². The Balaban J connectivity index is 0.000000217. The van der Waals surface area contributed by atoms with Gasteiger partial charge in [-0.05, 0) is 34.7 Å². The van der Waals surface area contributed by atoms with Crippen LogP contribution in [-0.2, 0) is 9.59 Å². The highest BCUT2D eigenvalue weighted by Gasteiger charge is 1.80. The van der Waals surface area contributed by atoms with Gasteiger partial charge in [-0.25, -0.2) is 4.79 Å². The predicted octanol–water partition coefficient (Wildman–Crippen LogP) is 1.56. The third-order valence-corrected chi connectivity index (χ3v) is 1.55. The summed E-state index contributed by atoms with van der Waals surface area (Å²) in [6, 6.07) is 10.2. The number of carboxylic acid groups (broad SMARTS) is 1. The lowest BCUT2D eigenvalue weighted by Gasteiger charge is -1.80. The molecule has 1 aromatic carbocycles. The lowest BCUT2D eigenvalue weighted by atomic mass is 10.4. The van der Waals surface area contributed by atoms with Crippen molar-refractivity contribution in [2.45, 2.75) is 0 Å². The number of aliphatic carboxylic acids is 1. The molecule has 0 spiro atoms. The summed E-state index contributed by atoms with van der Waals surface area (Å²) >= 11 is 2.28. The monoisotopic (exact) mass is 278 g/mol. The Morgan fingerprint density at radius 1 is 1.33 bits per heavy atom. The normalized spacial score (nSPS) is 7.75. The van der Waals surface area contributed by atoms with Gasteiger partial charge in [0.25, 0.3) is 0 Å². The van der Waals surface area contributed by atoms with Crippen molar-refractivity contribution < 1.29 is 14.7 Å². The van der Waals surface area contributed by atoms with Crippen molar-refractivity contribution >= 4 is 34.8 Å². The average Bonchev–Trinajstić information content (AvgIpc) is 2.07. The molecule has 0 saturated carbocycles. The second-order valence-electron chi connectivity index (χ2n) is 1.75. The molecule has 0 amide bonds. The molecule has 0 aliphatic carbocycles. The van der Waals surface area contributed by atoms with E-state index in [0.717, 1.165) is 0 Å². The SMILES string of the molecule is Ic1ccccc1.O=CC(=O)O. The van der Waals surface area contributed by atoms with E-state index in [1.807, 2.05) is 18.2 Å². The van der Waals surface area contributed by atoms with Crippen molar-refractivity contribution in [2.24, 2.45) is 0 Å². The van der Waals surface area contributed by atoms with Gasteiger partial charge in [0.2, 0.25) is 6.29 Å². The van der Waals surface area contributed by atoms with Crippen LogP contribution in [0.3, 0.4) is 0 Å². The molecule has 0 aliphatic heterocycles. The Kier molecular flexibility index (Phi) is 6.26. The van der Waals surface area contributed by atoms with Crippen LogP contribution < -0.4 is 0 Å². The molecule has 1 N–H and O–H groups in total. The quantitative estimate of drug-likeness (QED) is 0.482. The summed E-state index contributed by atoms with van der Waals surface area (Å²) in [5.74, 6) is -1.43. The molecule has 64 valence electrons. The number of hydrogen-bond donors (Lipinski definition) is 1. The summed E-state index contributed by atoms with van der Waals surface area (Å²) in [6.45, 7) is 0. The topological polar surface area (TPSA) is 54.4 Å². The molecular weight excluding hydrogens is 271 g/mol. The largest absolute Gasteiger partial charge is 0.476 e. The zero-order chi connectivity index (χ0) is 9.40. The summed E-state index contributed by atoms with van der Waals surface area (Å²) < 4.78 is 1.29. The molecule has 4 heteroatoms. The van der Waals surface area contributed by atoms with E-state index in [0.29, 0.717) is 0 Å². The zero-order valence-corrected chi connectivity index (χ0v) is 8.26. The van der Waals surface area contributed by atoms with Crippen LogP contribution in [-0.4, -0.2) is 17.4 Å². The van der Waals surface area contributed by atoms with E-state index in [1.54, 1.807) is 0 Å². The van der Waals surface area contributed by atoms with Crippen LogP contribution in [0, 0.1) is 3.57 Å². The van der Waals surface area contributed by atoms with Crippen molar-refractivity contribution in [3.8, 4) is 0 Å². The molecule has 0 atom stereocenters. The van der Waals surface area contributed by atoms with Gasteiger partial charge in [-0.15, -0.1) is 0 Å². The fourth-order valence-corrected chi connectivity index (χ4v) is 0.830. The highest BCUT2D eigenvalue weighted by atomic mass is 127. The van der Waals surface area contributed by atoms with E-state index < -0.39 is 5.97 Å². The van der Waals surface area contributed by atoms with E-state index in [1.165, 1.54) is 3.57 Å². The second kappa shape index (κ2) is 6.78. The molecule has 0 saturated heterocycles. The van der Waals surface area contributed by atoms with Gasteiger partial charge in [-0.3, -0.25) is 4.79 Å². The summed E-state index contributed by atoms with van der Waals surface area (Å²) in [4.78, 5) is 17.9. The lowest BCUT2D eigenvalue weighted by molar-refractivity contribution is -0.143. The molecule has 0 bridgehead atoms. The molecule has 0 fully saturated rings. The highest BCUT2D eigenvalue weighted by molar-refractivity contribution is 14.1. The van der Waals surface area contributed by atoms with Crippen LogP contribution in [0.5, 0.6) is 0 Å². The molecule has 0 aromatic heterocycles. The van der Waals surface area contributed by atoms with Crippen LogP contribution in [0.25, 0.3) is 0 Å². The Morgan fingerprint density at radius 2 is 1.75 bits per heavy atom. The van der Waals surface area contributed by atoms with Crippen molar-refractivity contribution in [1.82, 2.24) is 0 Å². The molecule has 1 aromatic rings. The predicted molar refractivity (Wildman–Crippen MR) is 52.9 cm³/mol. The van der Waals surface area contributed by atoms with Crippen LogP contribution in [0.4, 0.5) is 0 Å². The number of halogens is 1. The first kappa shape index (κ1) is 11.1. The lowest BCUT2D eigenvalue weighted by Crippen LogP contribution is -1.91. The van der Waals surface area contributed by atoms with Gasteiger partial charge in [0.15, 0.2) is 0 Å². The minimum Gasteiger partial charge on any atom is -0.476 e. The van der Waals surface area contributed by atoms with Crippen LogP contribution >= 0.6 is 22.6 Å². The van der Waals surface area contributed by atoms with Crippen molar-refractivity contribution in [2.75, 3.05) is 0 Å². The molecule has 0 heterocycles. The molecule has 0 radical (unpaired) electrons. The Labute approximate surface area is 83.5 Å². The van der Waals surface area contributed by atoms with E-state index >= 15 is 0 Å². The van der Waals surface area contributed by atoms with E-state index in [9.17, 15) is 0 Å². The Hall–Kier alpha value is -0.910. The summed E-state index contributed by atoms with van der Waals surface area (Å²) in [6.07, 6.45) is -0.167. The Bertz CT molecular complexity index is 246. The second-order valence-corrected chi connectivity index (χ2v) is 3.00. The molecule has 0 aliphatic rings. The fraction of sp³-hybridized carbons (Fsp3) is 0. The molecule has 0 unspecified atom stereocenters. The molecule has 3 nitrogen and oxygen atoms in total. The van der Waals surface area contributed by atoms with Gasteiger partial charge in [0, 0.05) is 3.57 Å². The molecular formula is C8H7IO3. The fourth-order valence-electron chi connectivity index (χ4n) is 0.415. The first-order valence-electron chi connectivity index (χ1n) is 3.05. The maximum Gasteiger partial charge on any atom is 0.368 e. The smallest absolute Gasteiger partial charge is 0.368 e. The molecule has 12 heavy (non-hydrogen) atoms.